The molecule has 2 aliphatic heterocycles. The zero-order valence-electron chi connectivity index (χ0n) is 17.8. The van der Waals surface area contributed by atoms with Crippen LogP contribution in [0.5, 0.6) is 0 Å². The van der Waals surface area contributed by atoms with Crippen molar-refractivity contribution in [1.29, 1.82) is 0 Å². The largest absolute Gasteiger partial charge is 0.463 e. The first-order chi connectivity index (χ1) is 15.7. The molecule has 2 bridgehead atoms. The van der Waals surface area contributed by atoms with Crippen molar-refractivity contribution in [3.63, 3.8) is 0 Å². The second-order valence-electron chi connectivity index (χ2n) is 7.72. The molecule has 0 aliphatic carbocycles. The van der Waals surface area contributed by atoms with Crippen LogP contribution in [-0.2, 0) is 30.2 Å². The Kier molecular flexibility index (Phi) is 6.56. The van der Waals surface area contributed by atoms with Crippen LogP contribution in [0.15, 0.2) is 77.9 Å². The number of benzene rings is 2. The van der Waals surface area contributed by atoms with Gasteiger partial charge in [0.05, 0.1) is 6.04 Å². The van der Waals surface area contributed by atoms with E-state index >= 15 is 0 Å². The average Bonchev–Trinajstić information content (AvgIpc) is 3.40. The summed E-state index contributed by atoms with van der Waals surface area (Å²) < 4.78 is 16.7. The van der Waals surface area contributed by atoms with Gasteiger partial charge >= 0.3 is 0 Å². The number of ether oxygens (including phenoxy) is 3. The molecule has 2 N–H and O–H groups in total. The summed E-state index contributed by atoms with van der Waals surface area (Å²) in [5.41, 5.74) is 3.89. The van der Waals surface area contributed by atoms with E-state index in [1.165, 1.54) is 0 Å². The minimum Gasteiger partial charge on any atom is -0.463 e. The van der Waals surface area contributed by atoms with Crippen molar-refractivity contribution in [3.05, 3.63) is 83.5 Å². The van der Waals surface area contributed by atoms with E-state index in [0.717, 1.165) is 28.1 Å². The molecule has 0 radical (unpaired) electrons. The van der Waals surface area contributed by atoms with Crippen LogP contribution in [0, 0.1) is 0 Å². The van der Waals surface area contributed by atoms with Gasteiger partial charge < -0.3 is 24.8 Å². The lowest BCUT2D eigenvalue weighted by atomic mass is 9.79. The van der Waals surface area contributed by atoms with E-state index in [1.807, 2.05) is 61.7 Å². The van der Waals surface area contributed by atoms with Crippen LogP contribution < -0.4 is 10.6 Å². The second-order valence-corrected chi connectivity index (χ2v) is 7.72. The fourth-order valence-corrected chi connectivity index (χ4v) is 4.41. The molecule has 3 unspecified atom stereocenters. The molecule has 7 heteroatoms. The first-order valence-electron chi connectivity index (χ1n) is 10.5. The first-order valence-corrected chi connectivity index (χ1v) is 10.5. The lowest BCUT2D eigenvalue weighted by molar-refractivity contribution is -0.129. The normalized spacial score (nSPS) is 21.8. The molecule has 0 amide bonds. The Morgan fingerprint density at radius 3 is 2.41 bits per heavy atom. The van der Waals surface area contributed by atoms with Gasteiger partial charge in [-0.2, -0.15) is 0 Å². The maximum absolute atomic E-state index is 11.0. The number of para-hydroxylation sites is 1. The van der Waals surface area contributed by atoms with E-state index < -0.39 is 5.60 Å². The van der Waals surface area contributed by atoms with Gasteiger partial charge in [0.15, 0.2) is 0 Å². The summed E-state index contributed by atoms with van der Waals surface area (Å²) in [6, 6.07) is 17.9. The average molecular weight is 434 g/mol. The van der Waals surface area contributed by atoms with Crippen LogP contribution >= 0.6 is 0 Å². The van der Waals surface area contributed by atoms with Crippen molar-refractivity contribution >= 4 is 24.3 Å². The maximum atomic E-state index is 11.0. The Morgan fingerprint density at radius 1 is 1.00 bits per heavy atom. The molecule has 0 spiro atoms. The van der Waals surface area contributed by atoms with Gasteiger partial charge in [-0.1, -0.05) is 36.4 Å². The van der Waals surface area contributed by atoms with E-state index in [-0.39, 0.29) is 25.4 Å². The third-order valence-corrected chi connectivity index (χ3v) is 5.96. The highest BCUT2D eigenvalue weighted by atomic mass is 16.5. The summed E-state index contributed by atoms with van der Waals surface area (Å²) >= 11 is 0. The number of hydrogen-bond acceptors (Lipinski definition) is 7. The third kappa shape index (κ3) is 4.24. The zero-order chi connectivity index (χ0) is 22.4. The molecular formula is C25H26N2O5. The van der Waals surface area contributed by atoms with Crippen LogP contribution in [0.25, 0.3) is 0 Å². The second kappa shape index (κ2) is 9.70. The minimum absolute atomic E-state index is 0.0630. The Hall–Kier alpha value is -3.58. The molecule has 0 saturated heterocycles. The summed E-state index contributed by atoms with van der Waals surface area (Å²) in [5, 5.41) is 6.75. The molecule has 0 aromatic heterocycles. The summed E-state index contributed by atoms with van der Waals surface area (Å²) in [5.74, 6) is 0. The molecule has 3 atom stereocenters. The Labute approximate surface area is 187 Å². The van der Waals surface area contributed by atoms with Gasteiger partial charge in [-0.3, -0.25) is 9.59 Å². The predicted molar refractivity (Wildman–Crippen MR) is 121 cm³/mol. The van der Waals surface area contributed by atoms with Crippen LogP contribution in [0.1, 0.15) is 5.56 Å². The Balaban J connectivity index is 1.71. The summed E-state index contributed by atoms with van der Waals surface area (Å²) in [4.78, 5) is 21.8. The highest BCUT2D eigenvalue weighted by Crippen LogP contribution is 2.47. The highest BCUT2D eigenvalue weighted by Gasteiger charge is 2.53. The van der Waals surface area contributed by atoms with Crippen LogP contribution in [0.2, 0.25) is 0 Å². The smallest absolute Gasteiger partial charge is 0.293 e. The molecular weight excluding hydrogens is 408 g/mol. The standard InChI is InChI=1S/C25H26N2O5/c1-26-19-9-7-18(8-10-19)13-24(27-20-5-3-2-4-6-20)25-12-11-23(32-25)21(14-30-16-28)22(25)15-31-17-29/h2-12,16-17,23-24,26-27H,13-15H2,1H3. The van der Waals surface area contributed by atoms with E-state index in [0.29, 0.717) is 19.4 Å². The van der Waals surface area contributed by atoms with Gasteiger partial charge in [0.2, 0.25) is 0 Å². The maximum Gasteiger partial charge on any atom is 0.293 e. The van der Waals surface area contributed by atoms with Gasteiger partial charge in [0.1, 0.15) is 24.9 Å². The topological polar surface area (TPSA) is 85.9 Å². The Morgan fingerprint density at radius 2 is 1.72 bits per heavy atom. The first kappa shape index (κ1) is 21.6. The quantitative estimate of drug-likeness (QED) is 0.392. The van der Waals surface area contributed by atoms with E-state index in [4.69, 9.17) is 14.2 Å². The number of fused-ring (bicyclic) bond motifs is 2. The summed E-state index contributed by atoms with van der Waals surface area (Å²) in [6.45, 7) is 0.988. The summed E-state index contributed by atoms with van der Waals surface area (Å²) in [6.07, 6.45) is 4.32. The van der Waals surface area contributed by atoms with Crippen molar-refractivity contribution in [2.45, 2.75) is 24.2 Å². The number of nitrogens with one attached hydrogen (secondary N) is 2. The molecule has 2 heterocycles. The van der Waals surface area contributed by atoms with Crippen LogP contribution in [0.4, 0.5) is 11.4 Å². The van der Waals surface area contributed by atoms with Crippen molar-refractivity contribution in [3.8, 4) is 0 Å². The van der Waals surface area contributed by atoms with Crippen LogP contribution in [-0.4, -0.2) is 51.0 Å². The molecule has 0 fully saturated rings. The number of carbonyl (C=O) groups is 2. The van der Waals surface area contributed by atoms with Gasteiger partial charge in [-0.05, 0) is 42.3 Å². The molecule has 0 saturated carbocycles. The SMILES string of the molecule is CNc1ccc(CC(Nc2ccccc2)C23C=CC(O2)C(COC=O)=C3COC=O)cc1. The number of carbonyl (C=O) groups excluding carboxylic acids is 2. The minimum atomic E-state index is -0.841. The van der Waals surface area contributed by atoms with Gasteiger partial charge in [0.25, 0.3) is 12.9 Å². The zero-order valence-corrected chi connectivity index (χ0v) is 17.8. The molecule has 166 valence electrons. The Bertz CT molecular complexity index is 1000. The fourth-order valence-electron chi connectivity index (χ4n) is 4.41. The van der Waals surface area contributed by atoms with Gasteiger partial charge in [-0.15, -0.1) is 0 Å². The molecule has 2 aromatic carbocycles. The monoisotopic (exact) mass is 434 g/mol. The fraction of sp³-hybridized carbons (Fsp3) is 0.280. The number of anilines is 2. The molecule has 7 nitrogen and oxygen atoms in total. The predicted octanol–water partition coefficient (Wildman–Crippen LogP) is 3.10. The summed E-state index contributed by atoms with van der Waals surface area (Å²) in [7, 11) is 1.89. The molecule has 2 aliphatic rings. The van der Waals surface area contributed by atoms with Crippen molar-refractivity contribution < 1.29 is 23.8 Å². The van der Waals surface area contributed by atoms with E-state index in [9.17, 15) is 9.59 Å². The highest BCUT2D eigenvalue weighted by molar-refractivity contribution is 5.55. The van der Waals surface area contributed by atoms with Gasteiger partial charge in [0, 0.05) is 29.6 Å². The molecule has 4 rings (SSSR count). The number of hydrogen-bond donors (Lipinski definition) is 2. The third-order valence-electron chi connectivity index (χ3n) is 5.96. The van der Waals surface area contributed by atoms with E-state index in [2.05, 4.69) is 22.8 Å². The number of rotatable bonds is 12. The van der Waals surface area contributed by atoms with E-state index in [1.54, 1.807) is 0 Å². The van der Waals surface area contributed by atoms with Crippen molar-refractivity contribution in [1.82, 2.24) is 0 Å². The lowest BCUT2D eigenvalue weighted by Crippen LogP contribution is -2.48. The van der Waals surface area contributed by atoms with Crippen LogP contribution in [0.3, 0.4) is 0 Å². The molecule has 32 heavy (non-hydrogen) atoms. The van der Waals surface area contributed by atoms with Crippen molar-refractivity contribution in [2.24, 2.45) is 0 Å². The lowest BCUT2D eigenvalue weighted by Gasteiger charge is -2.37. The van der Waals surface area contributed by atoms with Crippen molar-refractivity contribution in [2.75, 3.05) is 30.9 Å². The molecule has 2 aromatic rings. The van der Waals surface area contributed by atoms with Gasteiger partial charge in [-0.25, -0.2) is 0 Å².